The highest BCUT2D eigenvalue weighted by Gasteiger charge is 2.34. The molecule has 1 amide bonds. The molecule has 1 unspecified atom stereocenters. The molecule has 0 aliphatic carbocycles. The van der Waals surface area contributed by atoms with Crippen molar-refractivity contribution in [2.75, 3.05) is 25.5 Å². The van der Waals surface area contributed by atoms with Gasteiger partial charge >= 0.3 is 0 Å². The number of thiophene rings is 1. The molecule has 0 fully saturated rings. The van der Waals surface area contributed by atoms with Crippen molar-refractivity contribution in [2.24, 2.45) is 0 Å². The van der Waals surface area contributed by atoms with Gasteiger partial charge in [-0.05, 0) is 30.7 Å². The summed E-state index contributed by atoms with van der Waals surface area (Å²) in [6, 6.07) is 5.89. The number of hydrogen-bond donors (Lipinski definition) is 3. The van der Waals surface area contributed by atoms with E-state index in [-0.39, 0.29) is 12.1 Å². The number of anilines is 1. The van der Waals surface area contributed by atoms with Crippen LogP contribution in [0.4, 0.5) is 5.00 Å². The van der Waals surface area contributed by atoms with Gasteiger partial charge in [0.2, 0.25) is 0 Å². The summed E-state index contributed by atoms with van der Waals surface area (Å²) < 4.78 is 6.71. The molecule has 1 aromatic carbocycles. The van der Waals surface area contributed by atoms with E-state index in [9.17, 15) is 4.79 Å². The highest BCUT2D eigenvalue weighted by atomic mass is 79.9. The van der Waals surface area contributed by atoms with Crippen LogP contribution in [0.5, 0.6) is 5.75 Å². The van der Waals surface area contributed by atoms with Crippen LogP contribution in [0.1, 0.15) is 39.5 Å². The molecule has 1 aromatic heterocycles. The minimum absolute atomic E-state index is 0.0122. The summed E-state index contributed by atoms with van der Waals surface area (Å²) in [7, 11) is 2.20. The van der Waals surface area contributed by atoms with Crippen LogP contribution < -0.4 is 20.3 Å². The van der Waals surface area contributed by atoms with Crippen molar-refractivity contribution in [3.63, 3.8) is 0 Å². The predicted molar refractivity (Wildman–Crippen MR) is 103 cm³/mol. The number of hydrogen-bond acceptors (Lipinski definition) is 4. The van der Waals surface area contributed by atoms with Gasteiger partial charge in [-0.1, -0.05) is 15.9 Å². The van der Waals surface area contributed by atoms with Gasteiger partial charge in [-0.15, -0.1) is 11.3 Å². The summed E-state index contributed by atoms with van der Waals surface area (Å²) in [6.07, 6.45) is 0.678. The Kier molecular flexibility index (Phi) is 4.47. The monoisotopic (exact) mass is 422 g/mol. The number of amides is 1. The van der Waals surface area contributed by atoms with Crippen LogP contribution in [0.3, 0.4) is 0 Å². The largest absolute Gasteiger partial charge is 0.493 e. The van der Waals surface area contributed by atoms with Gasteiger partial charge in [0.25, 0.3) is 5.91 Å². The molecule has 0 saturated carbocycles. The summed E-state index contributed by atoms with van der Waals surface area (Å²) >= 11 is 5.24. The first-order chi connectivity index (χ1) is 12.1. The summed E-state index contributed by atoms with van der Waals surface area (Å²) in [6.45, 7) is 4.62. The van der Waals surface area contributed by atoms with Gasteiger partial charge in [-0.25, -0.2) is 0 Å². The zero-order chi connectivity index (χ0) is 17.6. The van der Waals surface area contributed by atoms with Crippen LogP contribution in [-0.4, -0.2) is 26.1 Å². The summed E-state index contributed by atoms with van der Waals surface area (Å²) in [5, 5.41) is 7.61. The van der Waals surface area contributed by atoms with Crippen LogP contribution in [0.15, 0.2) is 22.7 Å². The third kappa shape index (κ3) is 3.05. The van der Waals surface area contributed by atoms with E-state index >= 15 is 0 Å². The lowest BCUT2D eigenvalue weighted by Gasteiger charge is -2.28. The molecule has 2 aromatic rings. The van der Waals surface area contributed by atoms with Crippen molar-refractivity contribution in [1.82, 2.24) is 5.32 Å². The molecular formula is C18H21BrN3O2S+. The third-order valence-corrected chi connectivity index (χ3v) is 6.37. The fourth-order valence-corrected chi connectivity index (χ4v) is 5.29. The SMILES string of the molecule is CCOc1ccc(Br)cc1[C@H]1NC(=O)c2c(sc3c2CC[NH+](C)C3)N1. The molecule has 2 atom stereocenters. The average Bonchev–Trinajstić information content (AvgIpc) is 2.94. The van der Waals surface area contributed by atoms with Gasteiger partial charge < -0.3 is 20.3 Å². The van der Waals surface area contributed by atoms with Crippen molar-refractivity contribution < 1.29 is 14.4 Å². The zero-order valence-corrected chi connectivity index (χ0v) is 16.6. The number of benzene rings is 1. The van der Waals surface area contributed by atoms with Crippen LogP contribution >= 0.6 is 27.3 Å². The van der Waals surface area contributed by atoms with Crippen LogP contribution in [0.2, 0.25) is 0 Å². The second-order valence-corrected chi connectivity index (χ2v) is 8.53. The first-order valence-corrected chi connectivity index (χ1v) is 10.1. The van der Waals surface area contributed by atoms with E-state index in [1.165, 1.54) is 15.3 Å². The van der Waals surface area contributed by atoms with E-state index in [0.717, 1.165) is 45.9 Å². The Bertz CT molecular complexity index is 836. The molecule has 0 spiro atoms. The number of fused-ring (bicyclic) bond motifs is 3. The van der Waals surface area contributed by atoms with E-state index in [2.05, 4.69) is 33.6 Å². The molecule has 3 N–H and O–H groups in total. The lowest BCUT2D eigenvalue weighted by atomic mass is 10.0. The standard InChI is InChI=1S/C18H20BrN3O2S/c1-3-24-13-5-4-10(19)8-12(13)16-20-17(23)15-11-6-7-22(2)9-14(11)25-18(15)21-16/h4-5,8,16,21H,3,6-7,9H2,1-2H3,(H,20,23)/p+1/t16-/m0/s1. The number of rotatable bonds is 3. The Labute approximate surface area is 159 Å². The van der Waals surface area contributed by atoms with Gasteiger partial charge in [-0.3, -0.25) is 4.79 Å². The Balaban J connectivity index is 1.71. The Morgan fingerprint density at radius 3 is 3.04 bits per heavy atom. The highest BCUT2D eigenvalue weighted by molar-refractivity contribution is 9.10. The average molecular weight is 423 g/mol. The number of likely N-dealkylation sites (N-methyl/N-ethyl adjacent to an activating group) is 1. The molecule has 3 heterocycles. The lowest BCUT2D eigenvalue weighted by molar-refractivity contribution is -0.895. The van der Waals surface area contributed by atoms with Crippen LogP contribution in [0.25, 0.3) is 0 Å². The Hall–Kier alpha value is -1.57. The van der Waals surface area contributed by atoms with Gasteiger partial charge in [0.1, 0.15) is 23.5 Å². The number of carbonyl (C=O) groups excluding carboxylic acids is 1. The van der Waals surface area contributed by atoms with Crippen molar-refractivity contribution in [3.05, 3.63) is 44.2 Å². The molecule has 25 heavy (non-hydrogen) atoms. The molecule has 0 bridgehead atoms. The van der Waals surface area contributed by atoms with Crippen molar-refractivity contribution in [2.45, 2.75) is 26.1 Å². The van der Waals surface area contributed by atoms with Gasteiger partial charge in [-0.2, -0.15) is 0 Å². The second-order valence-electron chi connectivity index (χ2n) is 6.51. The number of quaternary nitrogens is 1. The molecule has 5 nitrogen and oxygen atoms in total. The lowest BCUT2D eigenvalue weighted by Crippen LogP contribution is -3.08. The molecular weight excluding hydrogens is 402 g/mol. The first-order valence-electron chi connectivity index (χ1n) is 8.52. The van der Waals surface area contributed by atoms with Gasteiger partial charge in [0.05, 0.1) is 30.6 Å². The fraction of sp³-hybridized carbons (Fsp3) is 0.389. The molecule has 132 valence electrons. The molecule has 0 saturated heterocycles. The van der Waals surface area contributed by atoms with Gasteiger partial charge in [0.15, 0.2) is 0 Å². The number of ether oxygens (including phenoxy) is 1. The smallest absolute Gasteiger partial charge is 0.256 e. The third-order valence-electron chi connectivity index (χ3n) is 4.72. The Morgan fingerprint density at radius 2 is 2.24 bits per heavy atom. The first kappa shape index (κ1) is 16.9. The number of nitrogens with one attached hydrogen (secondary N) is 3. The summed E-state index contributed by atoms with van der Waals surface area (Å²) in [4.78, 5) is 15.7. The molecule has 4 rings (SSSR count). The van der Waals surface area contributed by atoms with E-state index < -0.39 is 0 Å². The maximum absolute atomic E-state index is 12.8. The molecule has 2 aliphatic heterocycles. The van der Waals surface area contributed by atoms with Crippen molar-refractivity contribution >= 4 is 38.2 Å². The second kappa shape index (κ2) is 6.63. The molecule has 2 aliphatic rings. The van der Waals surface area contributed by atoms with Crippen LogP contribution in [-0.2, 0) is 13.0 Å². The quantitative estimate of drug-likeness (QED) is 0.711. The Morgan fingerprint density at radius 1 is 1.40 bits per heavy atom. The number of halogens is 1. The minimum Gasteiger partial charge on any atom is -0.493 e. The summed E-state index contributed by atoms with van der Waals surface area (Å²) in [5.74, 6) is 0.802. The van der Waals surface area contributed by atoms with Gasteiger partial charge in [0, 0.05) is 16.5 Å². The fourth-order valence-electron chi connectivity index (χ4n) is 3.52. The zero-order valence-electron chi connectivity index (χ0n) is 14.2. The predicted octanol–water partition coefficient (Wildman–Crippen LogP) is 2.33. The number of carbonyl (C=O) groups is 1. The van der Waals surface area contributed by atoms with E-state index in [1.54, 1.807) is 11.3 Å². The van der Waals surface area contributed by atoms with E-state index in [0.29, 0.717) is 6.61 Å². The maximum atomic E-state index is 12.8. The molecule has 7 heteroatoms. The maximum Gasteiger partial charge on any atom is 0.256 e. The van der Waals surface area contributed by atoms with Crippen molar-refractivity contribution in [1.29, 1.82) is 0 Å². The normalized spacial score (nSPS) is 21.8. The topological polar surface area (TPSA) is 54.8 Å². The molecule has 0 radical (unpaired) electrons. The van der Waals surface area contributed by atoms with E-state index in [1.807, 2.05) is 25.1 Å². The minimum atomic E-state index is -0.288. The van der Waals surface area contributed by atoms with Crippen LogP contribution in [0, 0.1) is 0 Å². The summed E-state index contributed by atoms with van der Waals surface area (Å²) in [5.41, 5.74) is 3.01. The van der Waals surface area contributed by atoms with E-state index in [4.69, 9.17) is 4.74 Å². The van der Waals surface area contributed by atoms with Crippen molar-refractivity contribution in [3.8, 4) is 5.75 Å². The highest BCUT2D eigenvalue weighted by Crippen LogP contribution is 2.40.